The molecule has 5 aromatic rings. The van der Waals surface area contributed by atoms with Crippen molar-refractivity contribution < 1.29 is 0 Å². The van der Waals surface area contributed by atoms with Gasteiger partial charge >= 0.3 is 0 Å². The molecule has 0 saturated heterocycles. The lowest BCUT2D eigenvalue weighted by atomic mass is 9.96. The molecule has 0 atom stereocenters. The Kier molecular flexibility index (Phi) is 5.62. The quantitative estimate of drug-likeness (QED) is 0.283. The molecule has 0 spiro atoms. The van der Waals surface area contributed by atoms with E-state index in [2.05, 4.69) is 111 Å². The minimum Gasteiger partial charge on any atom is -0.274 e. The maximum absolute atomic E-state index is 4.70. The number of hydrogen-bond acceptors (Lipinski definition) is 2. The van der Waals surface area contributed by atoms with Gasteiger partial charge in [-0.15, -0.1) is 10.2 Å². The van der Waals surface area contributed by atoms with Gasteiger partial charge in [0.1, 0.15) is 0 Å². The van der Waals surface area contributed by atoms with Crippen molar-refractivity contribution in [3.63, 3.8) is 0 Å². The third-order valence-electron chi connectivity index (χ3n) is 6.35. The molecule has 0 bridgehead atoms. The highest BCUT2D eigenvalue weighted by Crippen LogP contribution is 2.35. The zero-order valence-electron chi connectivity index (χ0n) is 20.4. The van der Waals surface area contributed by atoms with Gasteiger partial charge in [0.15, 0.2) is 11.6 Å². The number of hydrogen-bond donors (Lipinski definition) is 0. The van der Waals surface area contributed by atoms with Crippen LogP contribution in [0.25, 0.3) is 39.6 Å². The Morgan fingerprint density at radius 1 is 0.500 bits per heavy atom. The highest BCUT2D eigenvalue weighted by molar-refractivity contribution is 5.74. The highest BCUT2D eigenvalue weighted by atomic mass is 15.3. The fourth-order valence-electron chi connectivity index (χ4n) is 4.89. The Morgan fingerprint density at radius 2 is 1.06 bits per heavy atom. The fraction of sp³-hybridized carbons (Fsp3) is 0.161. The second-order valence-corrected chi connectivity index (χ2v) is 9.20. The van der Waals surface area contributed by atoms with Gasteiger partial charge in [0, 0.05) is 11.1 Å². The number of aromatic nitrogens is 3. The van der Waals surface area contributed by atoms with Crippen LogP contribution in [-0.4, -0.2) is 14.8 Å². The van der Waals surface area contributed by atoms with Gasteiger partial charge in [0.2, 0.25) is 0 Å². The molecule has 4 aromatic carbocycles. The molecule has 168 valence electrons. The van der Waals surface area contributed by atoms with Crippen LogP contribution in [0.4, 0.5) is 0 Å². The van der Waals surface area contributed by atoms with Crippen LogP contribution in [0.15, 0.2) is 84.9 Å². The van der Waals surface area contributed by atoms with Crippen LogP contribution in [0.3, 0.4) is 0 Å². The van der Waals surface area contributed by atoms with Gasteiger partial charge in [0.05, 0.1) is 5.69 Å². The van der Waals surface area contributed by atoms with Gasteiger partial charge in [-0.25, -0.2) is 0 Å². The van der Waals surface area contributed by atoms with Crippen LogP contribution in [0.2, 0.25) is 0 Å². The fourth-order valence-corrected chi connectivity index (χ4v) is 4.89. The lowest BCUT2D eigenvalue weighted by Crippen LogP contribution is -2.06. The molecule has 5 rings (SSSR count). The van der Waals surface area contributed by atoms with Crippen molar-refractivity contribution in [1.29, 1.82) is 0 Å². The number of nitrogens with zero attached hydrogens (tertiary/aromatic N) is 3. The predicted octanol–water partition coefficient (Wildman–Crippen LogP) is 7.81. The van der Waals surface area contributed by atoms with Crippen molar-refractivity contribution in [3.05, 3.63) is 113 Å². The first kappa shape index (κ1) is 21.8. The van der Waals surface area contributed by atoms with Crippen molar-refractivity contribution in [1.82, 2.24) is 14.8 Å². The lowest BCUT2D eigenvalue weighted by molar-refractivity contribution is 1.03. The minimum atomic E-state index is 0.851. The molecule has 0 aliphatic rings. The summed E-state index contributed by atoms with van der Waals surface area (Å²) in [6, 6.07) is 30.0. The van der Waals surface area contributed by atoms with E-state index in [0.717, 1.165) is 28.5 Å². The number of aryl methyl sites for hydroxylation is 5. The number of rotatable bonds is 4. The molecular formula is C31H29N3. The molecular weight excluding hydrogens is 414 g/mol. The summed E-state index contributed by atoms with van der Waals surface area (Å²) >= 11 is 0. The van der Waals surface area contributed by atoms with Gasteiger partial charge in [-0.3, -0.25) is 4.57 Å². The van der Waals surface area contributed by atoms with Crippen LogP contribution in [0, 0.1) is 34.6 Å². The standard InChI is InChI=1S/C31H29N3/c1-20-15-21(2)17-26(16-20)27-18-23(4)29(24(5)19-27)34-30(25-12-7-6-8-13-25)32-33-31(34)28-14-10-9-11-22(28)3/h6-19H,1-5H3. The SMILES string of the molecule is Cc1cc(C)cc(-c2cc(C)c(-n3c(-c4ccccc4)nnc3-c3ccccc3C)c(C)c2)c1. The van der Waals surface area contributed by atoms with E-state index in [-0.39, 0.29) is 0 Å². The summed E-state index contributed by atoms with van der Waals surface area (Å²) in [6.45, 7) is 10.8. The molecule has 0 fully saturated rings. The molecule has 0 unspecified atom stereocenters. The predicted molar refractivity (Wildman–Crippen MR) is 141 cm³/mol. The van der Waals surface area contributed by atoms with Crippen molar-refractivity contribution in [3.8, 4) is 39.6 Å². The van der Waals surface area contributed by atoms with Crippen LogP contribution in [-0.2, 0) is 0 Å². The van der Waals surface area contributed by atoms with E-state index in [0.29, 0.717) is 0 Å². The molecule has 0 N–H and O–H groups in total. The van der Waals surface area contributed by atoms with Crippen LogP contribution in [0.1, 0.15) is 27.8 Å². The topological polar surface area (TPSA) is 30.7 Å². The van der Waals surface area contributed by atoms with E-state index in [1.54, 1.807) is 0 Å². The zero-order valence-corrected chi connectivity index (χ0v) is 20.4. The summed E-state index contributed by atoms with van der Waals surface area (Å²) in [5.74, 6) is 1.71. The first-order valence-corrected chi connectivity index (χ1v) is 11.7. The molecule has 0 aliphatic carbocycles. The van der Waals surface area contributed by atoms with E-state index in [1.807, 2.05) is 18.2 Å². The maximum Gasteiger partial charge on any atom is 0.169 e. The van der Waals surface area contributed by atoms with Crippen molar-refractivity contribution in [2.75, 3.05) is 0 Å². The first-order valence-electron chi connectivity index (χ1n) is 11.7. The summed E-state index contributed by atoms with van der Waals surface area (Å²) in [7, 11) is 0. The normalized spacial score (nSPS) is 11.1. The average Bonchev–Trinajstić information content (AvgIpc) is 3.23. The van der Waals surface area contributed by atoms with E-state index >= 15 is 0 Å². The summed E-state index contributed by atoms with van der Waals surface area (Å²) in [5, 5.41) is 9.38. The molecule has 1 heterocycles. The smallest absolute Gasteiger partial charge is 0.169 e. The van der Waals surface area contributed by atoms with E-state index in [1.165, 1.54) is 38.9 Å². The number of benzene rings is 4. The van der Waals surface area contributed by atoms with Gasteiger partial charge < -0.3 is 0 Å². The van der Waals surface area contributed by atoms with E-state index in [9.17, 15) is 0 Å². The van der Waals surface area contributed by atoms with Crippen molar-refractivity contribution in [2.24, 2.45) is 0 Å². The van der Waals surface area contributed by atoms with Gasteiger partial charge in [-0.2, -0.15) is 0 Å². The summed E-state index contributed by atoms with van der Waals surface area (Å²) in [6.07, 6.45) is 0. The molecule has 1 aromatic heterocycles. The molecule has 3 nitrogen and oxygen atoms in total. The zero-order chi connectivity index (χ0) is 23.8. The lowest BCUT2D eigenvalue weighted by Gasteiger charge is -2.19. The van der Waals surface area contributed by atoms with Crippen LogP contribution in [0.5, 0.6) is 0 Å². The first-order chi connectivity index (χ1) is 16.4. The molecule has 0 aliphatic heterocycles. The van der Waals surface area contributed by atoms with Gasteiger partial charge in [-0.1, -0.05) is 83.9 Å². The largest absolute Gasteiger partial charge is 0.274 e. The second-order valence-electron chi connectivity index (χ2n) is 9.20. The van der Waals surface area contributed by atoms with Gasteiger partial charge in [0.25, 0.3) is 0 Å². The molecule has 0 saturated carbocycles. The summed E-state index contributed by atoms with van der Waals surface area (Å²) in [5.41, 5.74) is 11.9. The monoisotopic (exact) mass is 443 g/mol. The third-order valence-corrected chi connectivity index (χ3v) is 6.35. The summed E-state index contributed by atoms with van der Waals surface area (Å²) < 4.78 is 2.23. The molecule has 0 radical (unpaired) electrons. The van der Waals surface area contributed by atoms with Crippen molar-refractivity contribution >= 4 is 0 Å². The van der Waals surface area contributed by atoms with Crippen LogP contribution < -0.4 is 0 Å². The second kappa shape index (κ2) is 8.75. The van der Waals surface area contributed by atoms with Gasteiger partial charge in [-0.05, 0) is 74.6 Å². The highest BCUT2D eigenvalue weighted by Gasteiger charge is 2.21. The Hall–Kier alpha value is -3.98. The summed E-state index contributed by atoms with van der Waals surface area (Å²) in [4.78, 5) is 0. The molecule has 3 heteroatoms. The van der Waals surface area contributed by atoms with E-state index in [4.69, 9.17) is 5.10 Å². The Balaban J connectivity index is 1.76. The van der Waals surface area contributed by atoms with Crippen LogP contribution >= 0.6 is 0 Å². The van der Waals surface area contributed by atoms with Crippen molar-refractivity contribution in [2.45, 2.75) is 34.6 Å². The Bertz CT molecular complexity index is 1450. The van der Waals surface area contributed by atoms with E-state index < -0.39 is 0 Å². The Morgan fingerprint density at radius 3 is 1.71 bits per heavy atom. The maximum atomic E-state index is 4.70. The average molecular weight is 444 g/mol. The Labute approximate surface area is 201 Å². The third kappa shape index (κ3) is 3.94. The molecule has 34 heavy (non-hydrogen) atoms. The minimum absolute atomic E-state index is 0.851. The molecule has 0 amide bonds.